The van der Waals surface area contributed by atoms with E-state index in [0.717, 1.165) is 27.5 Å². The summed E-state index contributed by atoms with van der Waals surface area (Å²) >= 11 is 0. The molecule has 0 bridgehead atoms. The third-order valence-corrected chi connectivity index (χ3v) is 4.51. The number of benzene rings is 4. The number of hydrogen-bond acceptors (Lipinski definition) is 2. The van der Waals surface area contributed by atoms with Crippen molar-refractivity contribution < 1.29 is 5.11 Å². The van der Waals surface area contributed by atoms with E-state index in [1.807, 2.05) is 91.1 Å². The van der Waals surface area contributed by atoms with E-state index in [-0.39, 0.29) is 11.8 Å². The van der Waals surface area contributed by atoms with Crippen LogP contribution in [0.15, 0.2) is 102 Å². The van der Waals surface area contributed by atoms with Gasteiger partial charge in [0.25, 0.3) is 0 Å². The SMILES string of the molecule is Oc1ccc2ccccc2c1[C@H](N=Cc1ccccc1)c1ccccc1. The molecule has 0 saturated carbocycles. The van der Waals surface area contributed by atoms with Crippen molar-refractivity contribution in [2.24, 2.45) is 4.99 Å². The van der Waals surface area contributed by atoms with Gasteiger partial charge < -0.3 is 5.11 Å². The number of phenolic OH excluding ortho intramolecular Hbond substituents is 1. The van der Waals surface area contributed by atoms with Crippen molar-refractivity contribution in [2.75, 3.05) is 0 Å². The van der Waals surface area contributed by atoms with Crippen LogP contribution in [0, 0.1) is 0 Å². The Balaban J connectivity index is 1.89. The van der Waals surface area contributed by atoms with Gasteiger partial charge in [0.2, 0.25) is 0 Å². The lowest BCUT2D eigenvalue weighted by Gasteiger charge is -2.17. The minimum Gasteiger partial charge on any atom is -0.508 e. The molecule has 4 aromatic rings. The number of aliphatic imine (C=N–C) groups is 1. The minimum absolute atomic E-state index is 0.266. The molecule has 0 heterocycles. The molecule has 26 heavy (non-hydrogen) atoms. The number of nitrogens with zero attached hydrogens (tertiary/aromatic N) is 1. The lowest BCUT2D eigenvalue weighted by Crippen LogP contribution is -2.01. The molecular weight excluding hydrogens is 318 g/mol. The van der Waals surface area contributed by atoms with Gasteiger partial charge in [-0.05, 0) is 28.0 Å². The van der Waals surface area contributed by atoms with Crippen molar-refractivity contribution in [2.45, 2.75) is 6.04 Å². The molecule has 4 aromatic carbocycles. The normalized spacial score (nSPS) is 12.5. The Morgan fingerprint density at radius 2 is 1.35 bits per heavy atom. The smallest absolute Gasteiger partial charge is 0.121 e. The summed E-state index contributed by atoms with van der Waals surface area (Å²) < 4.78 is 0. The number of phenols is 1. The highest BCUT2D eigenvalue weighted by Crippen LogP contribution is 2.37. The van der Waals surface area contributed by atoms with Crippen LogP contribution in [-0.4, -0.2) is 11.3 Å². The van der Waals surface area contributed by atoms with Crippen LogP contribution in [0.3, 0.4) is 0 Å². The number of hydrogen-bond donors (Lipinski definition) is 1. The van der Waals surface area contributed by atoms with Crippen LogP contribution in [-0.2, 0) is 0 Å². The molecule has 0 aliphatic carbocycles. The van der Waals surface area contributed by atoms with E-state index in [2.05, 4.69) is 6.07 Å². The van der Waals surface area contributed by atoms with Crippen molar-refractivity contribution in [1.29, 1.82) is 0 Å². The van der Waals surface area contributed by atoms with Gasteiger partial charge >= 0.3 is 0 Å². The largest absolute Gasteiger partial charge is 0.508 e. The fraction of sp³-hybridized carbons (Fsp3) is 0.0417. The number of rotatable bonds is 4. The summed E-state index contributed by atoms with van der Waals surface area (Å²) in [6.45, 7) is 0. The average molecular weight is 337 g/mol. The standard InChI is InChI=1S/C24H19NO/c26-22-16-15-19-11-7-8-14-21(19)23(22)24(20-12-5-2-6-13-20)25-17-18-9-3-1-4-10-18/h1-17,24,26H/t24-/m1/s1. The lowest BCUT2D eigenvalue weighted by atomic mass is 9.93. The summed E-state index contributed by atoms with van der Waals surface area (Å²) in [5, 5.41) is 12.8. The molecule has 0 radical (unpaired) electrons. The molecule has 2 heteroatoms. The minimum atomic E-state index is -0.275. The van der Waals surface area contributed by atoms with E-state index in [1.54, 1.807) is 6.07 Å². The fourth-order valence-corrected chi connectivity index (χ4v) is 3.23. The van der Waals surface area contributed by atoms with Crippen molar-refractivity contribution in [3.8, 4) is 5.75 Å². The zero-order valence-corrected chi connectivity index (χ0v) is 14.3. The monoisotopic (exact) mass is 337 g/mol. The van der Waals surface area contributed by atoms with Gasteiger partial charge in [-0.25, -0.2) is 0 Å². The summed E-state index contributed by atoms with van der Waals surface area (Å²) in [5.74, 6) is 0.266. The van der Waals surface area contributed by atoms with Crippen molar-refractivity contribution in [1.82, 2.24) is 0 Å². The Bertz CT molecular complexity index is 1040. The van der Waals surface area contributed by atoms with Gasteiger partial charge in [0.05, 0.1) is 0 Å². The van der Waals surface area contributed by atoms with Crippen molar-refractivity contribution in [3.63, 3.8) is 0 Å². The highest BCUT2D eigenvalue weighted by molar-refractivity contribution is 5.89. The second kappa shape index (κ2) is 7.24. The van der Waals surface area contributed by atoms with Crippen LogP contribution < -0.4 is 0 Å². The van der Waals surface area contributed by atoms with Crippen LogP contribution in [0.1, 0.15) is 22.7 Å². The van der Waals surface area contributed by atoms with Gasteiger partial charge in [0.1, 0.15) is 11.8 Å². The molecule has 0 saturated heterocycles. The summed E-state index contributed by atoms with van der Waals surface area (Å²) in [6, 6.07) is 31.6. The average Bonchev–Trinajstić information content (AvgIpc) is 2.71. The maximum atomic E-state index is 10.7. The molecule has 0 aliphatic rings. The molecule has 4 rings (SSSR count). The quantitative estimate of drug-likeness (QED) is 0.472. The first-order valence-corrected chi connectivity index (χ1v) is 8.67. The van der Waals surface area contributed by atoms with Gasteiger partial charge in [0, 0.05) is 11.8 Å². The third-order valence-electron chi connectivity index (χ3n) is 4.51. The number of aromatic hydroxyl groups is 1. The molecule has 0 unspecified atom stereocenters. The molecule has 126 valence electrons. The van der Waals surface area contributed by atoms with Crippen molar-refractivity contribution in [3.05, 3.63) is 114 Å². The van der Waals surface area contributed by atoms with Gasteiger partial charge in [-0.2, -0.15) is 0 Å². The van der Waals surface area contributed by atoms with Gasteiger partial charge in [0.15, 0.2) is 0 Å². The zero-order valence-electron chi connectivity index (χ0n) is 14.3. The highest BCUT2D eigenvalue weighted by atomic mass is 16.3. The lowest BCUT2D eigenvalue weighted by molar-refractivity contribution is 0.467. The Hall–Kier alpha value is -3.39. The molecule has 2 nitrogen and oxygen atoms in total. The van der Waals surface area contributed by atoms with Crippen LogP contribution in [0.4, 0.5) is 0 Å². The zero-order chi connectivity index (χ0) is 17.8. The first-order chi connectivity index (χ1) is 12.8. The van der Waals surface area contributed by atoms with E-state index in [9.17, 15) is 5.11 Å². The van der Waals surface area contributed by atoms with Gasteiger partial charge in [-0.1, -0.05) is 91.0 Å². The second-order valence-electron chi connectivity index (χ2n) is 6.22. The topological polar surface area (TPSA) is 32.6 Å². The van der Waals surface area contributed by atoms with E-state index < -0.39 is 0 Å². The van der Waals surface area contributed by atoms with E-state index in [4.69, 9.17) is 4.99 Å². The van der Waals surface area contributed by atoms with E-state index in [1.165, 1.54) is 0 Å². The maximum Gasteiger partial charge on any atom is 0.121 e. The van der Waals surface area contributed by atoms with Gasteiger partial charge in [-0.3, -0.25) is 4.99 Å². The summed E-state index contributed by atoms with van der Waals surface area (Å²) in [7, 11) is 0. The van der Waals surface area contributed by atoms with Gasteiger partial charge in [-0.15, -0.1) is 0 Å². The van der Waals surface area contributed by atoms with Crippen molar-refractivity contribution >= 4 is 17.0 Å². The highest BCUT2D eigenvalue weighted by Gasteiger charge is 2.19. The van der Waals surface area contributed by atoms with Crippen LogP contribution in [0.5, 0.6) is 5.75 Å². The van der Waals surface area contributed by atoms with E-state index >= 15 is 0 Å². The predicted molar refractivity (Wildman–Crippen MR) is 108 cm³/mol. The summed E-state index contributed by atoms with van der Waals surface area (Å²) in [6.07, 6.45) is 1.87. The molecular formula is C24H19NO. The third kappa shape index (κ3) is 3.22. The Labute approximate surface area is 153 Å². The summed E-state index contributed by atoms with van der Waals surface area (Å²) in [4.78, 5) is 4.86. The molecule has 1 N–H and O–H groups in total. The molecule has 0 aromatic heterocycles. The predicted octanol–water partition coefficient (Wildman–Crippen LogP) is 5.75. The molecule has 0 spiro atoms. The Morgan fingerprint density at radius 1 is 0.692 bits per heavy atom. The van der Waals surface area contributed by atoms with Crippen LogP contribution in [0.2, 0.25) is 0 Å². The van der Waals surface area contributed by atoms with Crippen LogP contribution in [0.25, 0.3) is 10.8 Å². The molecule has 0 fully saturated rings. The molecule has 0 aliphatic heterocycles. The van der Waals surface area contributed by atoms with E-state index in [0.29, 0.717) is 0 Å². The number of fused-ring (bicyclic) bond motifs is 1. The summed E-state index contributed by atoms with van der Waals surface area (Å²) in [5.41, 5.74) is 2.92. The Kier molecular flexibility index (Phi) is 4.48. The molecule has 1 atom stereocenters. The fourth-order valence-electron chi connectivity index (χ4n) is 3.23. The Morgan fingerprint density at radius 3 is 2.12 bits per heavy atom. The second-order valence-corrected chi connectivity index (χ2v) is 6.22. The van der Waals surface area contributed by atoms with Crippen LogP contribution >= 0.6 is 0 Å². The first-order valence-electron chi connectivity index (χ1n) is 8.67. The first kappa shape index (κ1) is 16.1. The maximum absolute atomic E-state index is 10.7. The molecule has 0 amide bonds.